The Hall–Kier alpha value is -3.22. The van der Waals surface area contributed by atoms with Gasteiger partial charge in [-0.25, -0.2) is 18.9 Å². The first-order valence-corrected chi connectivity index (χ1v) is 7.12. The topological polar surface area (TPSA) is 66.2 Å². The Labute approximate surface area is 137 Å². The summed E-state index contributed by atoms with van der Waals surface area (Å²) in [6.45, 7) is 1.69. The first kappa shape index (κ1) is 15.7. The summed E-state index contributed by atoms with van der Waals surface area (Å²) < 4.78 is 24.7. The highest BCUT2D eigenvalue weighted by atomic mass is 19.1. The highest BCUT2D eigenvalue weighted by Crippen LogP contribution is 2.18. The van der Waals surface area contributed by atoms with Crippen molar-refractivity contribution < 1.29 is 18.7 Å². The van der Waals surface area contributed by atoms with Gasteiger partial charge in [0.05, 0.1) is 12.8 Å². The highest BCUT2D eigenvalue weighted by molar-refractivity contribution is 5.87. The summed E-state index contributed by atoms with van der Waals surface area (Å²) in [7, 11) is 1.55. The average molecular weight is 327 g/mol. The van der Waals surface area contributed by atoms with Crippen molar-refractivity contribution in [2.75, 3.05) is 7.11 Å². The van der Waals surface area contributed by atoms with Crippen LogP contribution in [0.4, 0.5) is 4.39 Å². The number of methoxy groups -OCH3 is 1. The maximum atomic E-state index is 13.0. The van der Waals surface area contributed by atoms with Crippen LogP contribution in [0.1, 0.15) is 16.4 Å². The third-order valence-corrected chi connectivity index (χ3v) is 3.29. The number of rotatable bonds is 4. The van der Waals surface area contributed by atoms with Crippen molar-refractivity contribution in [2.24, 2.45) is 0 Å². The minimum absolute atomic E-state index is 0.0763. The van der Waals surface area contributed by atoms with E-state index in [2.05, 4.69) is 10.1 Å². The van der Waals surface area contributed by atoms with Gasteiger partial charge in [-0.05, 0) is 55.5 Å². The Kier molecular flexibility index (Phi) is 4.24. The van der Waals surface area contributed by atoms with Crippen molar-refractivity contribution in [2.45, 2.75) is 6.92 Å². The van der Waals surface area contributed by atoms with Crippen LogP contribution in [0.3, 0.4) is 0 Å². The molecule has 1 heterocycles. The maximum Gasteiger partial charge on any atom is 0.383 e. The molecule has 2 aromatic carbocycles. The number of benzene rings is 2. The fraction of sp³-hybridized carbons (Fsp3) is 0.118. The second kappa shape index (κ2) is 6.49. The van der Waals surface area contributed by atoms with Crippen molar-refractivity contribution in [3.63, 3.8) is 0 Å². The minimum Gasteiger partial charge on any atom is -0.497 e. The fourth-order valence-electron chi connectivity index (χ4n) is 2.10. The second-order valence-corrected chi connectivity index (χ2v) is 4.94. The number of nitrogens with zero attached hydrogens (tertiary/aromatic N) is 3. The van der Waals surface area contributed by atoms with E-state index in [0.29, 0.717) is 23.0 Å². The first-order chi connectivity index (χ1) is 11.6. The van der Waals surface area contributed by atoms with Crippen LogP contribution in [0, 0.1) is 12.7 Å². The predicted octanol–water partition coefficient (Wildman–Crippen LogP) is 2.94. The lowest BCUT2D eigenvalue weighted by Gasteiger charge is -2.03. The normalized spacial score (nSPS) is 10.5. The third kappa shape index (κ3) is 3.24. The van der Waals surface area contributed by atoms with E-state index in [1.165, 1.54) is 16.8 Å². The van der Waals surface area contributed by atoms with Crippen molar-refractivity contribution in [1.82, 2.24) is 14.8 Å². The molecule has 0 radical (unpaired) electrons. The molecule has 6 nitrogen and oxygen atoms in total. The molecule has 0 aliphatic rings. The number of halogens is 1. The van der Waals surface area contributed by atoms with Crippen molar-refractivity contribution >= 4 is 5.97 Å². The van der Waals surface area contributed by atoms with Crippen LogP contribution in [-0.2, 0) is 0 Å². The molecule has 0 spiro atoms. The van der Waals surface area contributed by atoms with Crippen LogP contribution < -0.4 is 9.47 Å². The van der Waals surface area contributed by atoms with Crippen LogP contribution in [0.15, 0.2) is 48.5 Å². The summed E-state index contributed by atoms with van der Waals surface area (Å²) >= 11 is 0. The second-order valence-electron chi connectivity index (χ2n) is 4.94. The monoisotopic (exact) mass is 327 g/mol. The van der Waals surface area contributed by atoms with Gasteiger partial charge >= 0.3 is 5.97 Å². The zero-order chi connectivity index (χ0) is 17.1. The molecule has 3 aromatic rings. The molecule has 0 fully saturated rings. The average Bonchev–Trinajstić information content (AvgIpc) is 2.98. The molecule has 0 saturated carbocycles. The highest BCUT2D eigenvalue weighted by Gasteiger charge is 2.17. The van der Waals surface area contributed by atoms with Gasteiger partial charge in [0.25, 0.3) is 5.82 Å². The first-order valence-electron chi connectivity index (χ1n) is 7.12. The summed E-state index contributed by atoms with van der Waals surface area (Å²) in [6, 6.07) is 12.3. The maximum absolute atomic E-state index is 13.0. The number of esters is 1. The molecule has 24 heavy (non-hydrogen) atoms. The molecule has 0 saturated heterocycles. The number of hydrogen-bond acceptors (Lipinski definition) is 5. The molecule has 0 aliphatic heterocycles. The van der Waals surface area contributed by atoms with Crippen molar-refractivity contribution in [3.05, 3.63) is 66.0 Å². The zero-order valence-electron chi connectivity index (χ0n) is 13.1. The molecule has 0 atom stereocenters. The van der Waals surface area contributed by atoms with Gasteiger partial charge in [-0.2, -0.15) is 0 Å². The van der Waals surface area contributed by atoms with E-state index in [9.17, 15) is 9.18 Å². The molecular weight excluding hydrogens is 313 g/mol. The number of ether oxygens (including phenoxy) is 2. The van der Waals surface area contributed by atoms with E-state index in [1.54, 1.807) is 50.4 Å². The Morgan fingerprint density at radius 1 is 1.04 bits per heavy atom. The molecule has 3 rings (SSSR count). The van der Waals surface area contributed by atoms with Gasteiger partial charge in [-0.3, -0.25) is 0 Å². The van der Waals surface area contributed by atoms with Crippen LogP contribution >= 0.6 is 0 Å². The number of carbonyl (C=O) groups is 1. The number of aryl methyl sites for hydroxylation is 1. The van der Waals surface area contributed by atoms with Gasteiger partial charge < -0.3 is 9.47 Å². The minimum atomic E-state index is -0.677. The van der Waals surface area contributed by atoms with Crippen molar-refractivity contribution in [3.8, 4) is 17.2 Å². The molecule has 0 unspecified atom stereocenters. The van der Waals surface area contributed by atoms with E-state index in [1.807, 2.05) is 0 Å². The van der Waals surface area contributed by atoms with E-state index >= 15 is 0 Å². The number of hydrogen-bond donors (Lipinski definition) is 0. The SMILES string of the molecule is COc1ccc(OC(=O)c2nc(C)n(-c3ccc(F)cc3)n2)cc1. The molecular formula is C17H14FN3O3. The largest absolute Gasteiger partial charge is 0.497 e. The van der Waals surface area contributed by atoms with E-state index < -0.39 is 5.97 Å². The Bertz CT molecular complexity index is 858. The Balaban J connectivity index is 1.80. The smallest absolute Gasteiger partial charge is 0.383 e. The molecule has 0 N–H and O–H groups in total. The van der Waals surface area contributed by atoms with Gasteiger partial charge in [-0.1, -0.05) is 0 Å². The number of aromatic nitrogens is 3. The lowest BCUT2D eigenvalue weighted by molar-refractivity contribution is 0.0722. The predicted molar refractivity (Wildman–Crippen MR) is 84.0 cm³/mol. The van der Waals surface area contributed by atoms with Gasteiger partial charge in [0.15, 0.2) is 0 Å². The van der Waals surface area contributed by atoms with Crippen molar-refractivity contribution in [1.29, 1.82) is 0 Å². The van der Waals surface area contributed by atoms with Crippen LogP contribution in [0.25, 0.3) is 5.69 Å². The molecule has 0 amide bonds. The van der Waals surface area contributed by atoms with Gasteiger partial charge in [-0.15, -0.1) is 5.10 Å². The standard InChI is InChI=1S/C17H14FN3O3/c1-11-19-16(20-21(11)13-5-3-12(18)4-6-13)17(22)24-15-9-7-14(23-2)8-10-15/h3-10H,1-2H3. The molecule has 7 heteroatoms. The quantitative estimate of drug-likeness (QED) is 0.544. The summed E-state index contributed by atoms with van der Waals surface area (Å²) in [5.74, 6) is 0.400. The van der Waals surface area contributed by atoms with Gasteiger partial charge in [0.2, 0.25) is 0 Å². The summed E-state index contributed by atoms with van der Waals surface area (Å²) in [5, 5.41) is 4.12. The summed E-state index contributed by atoms with van der Waals surface area (Å²) in [5.41, 5.74) is 0.602. The van der Waals surface area contributed by atoms with Crippen LogP contribution in [0.2, 0.25) is 0 Å². The van der Waals surface area contributed by atoms with Gasteiger partial charge in [0.1, 0.15) is 23.1 Å². The lowest BCUT2D eigenvalue weighted by atomic mass is 10.3. The molecule has 0 bridgehead atoms. The zero-order valence-corrected chi connectivity index (χ0v) is 13.1. The third-order valence-electron chi connectivity index (χ3n) is 3.29. The Morgan fingerprint density at radius 3 is 2.29 bits per heavy atom. The van der Waals surface area contributed by atoms with Crippen LogP contribution in [0.5, 0.6) is 11.5 Å². The summed E-state index contributed by atoms with van der Waals surface area (Å²) in [6.07, 6.45) is 0. The van der Waals surface area contributed by atoms with E-state index in [-0.39, 0.29) is 11.6 Å². The van der Waals surface area contributed by atoms with Gasteiger partial charge in [0, 0.05) is 0 Å². The van der Waals surface area contributed by atoms with E-state index in [4.69, 9.17) is 9.47 Å². The summed E-state index contributed by atoms with van der Waals surface area (Å²) in [4.78, 5) is 16.3. The molecule has 122 valence electrons. The molecule has 0 aliphatic carbocycles. The lowest BCUT2D eigenvalue weighted by Crippen LogP contribution is -2.11. The fourth-order valence-corrected chi connectivity index (χ4v) is 2.10. The van der Waals surface area contributed by atoms with Crippen LogP contribution in [-0.4, -0.2) is 27.8 Å². The Morgan fingerprint density at radius 2 is 1.67 bits per heavy atom. The molecule has 1 aromatic heterocycles. The van der Waals surface area contributed by atoms with E-state index in [0.717, 1.165) is 0 Å². The number of carbonyl (C=O) groups excluding carboxylic acids is 1.